The number of rotatable bonds is 7. The molecule has 0 aromatic rings. The molecule has 2 fully saturated rings. The van der Waals surface area contributed by atoms with Crippen LogP contribution >= 0.6 is 0 Å². The quantitative estimate of drug-likeness (QED) is 0.708. The molecule has 2 aliphatic heterocycles. The largest absolute Gasteiger partial charge is 0.377 e. The summed E-state index contributed by atoms with van der Waals surface area (Å²) in [7, 11) is 0. The van der Waals surface area contributed by atoms with Gasteiger partial charge in [-0.25, -0.2) is 0 Å². The fraction of sp³-hybridized carbons (Fsp3) is 1.00. The molecule has 0 aliphatic carbocycles. The van der Waals surface area contributed by atoms with Crippen molar-refractivity contribution < 1.29 is 4.74 Å². The van der Waals surface area contributed by atoms with E-state index in [0.29, 0.717) is 6.10 Å². The number of unbranched alkanes of at least 4 members (excludes halogenated alkanes) is 2. The molecule has 0 bridgehead atoms. The van der Waals surface area contributed by atoms with Crippen molar-refractivity contribution in [3.63, 3.8) is 0 Å². The predicted octanol–water partition coefficient (Wildman–Crippen LogP) is 1.30. The van der Waals surface area contributed by atoms with E-state index in [9.17, 15) is 0 Å². The first-order valence-corrected chi connectivity index (χ1v) is 8.15. The summed E-state index contributed by atoms with van der Waals surface area (Å²) < 4.78 is 5.75. The van der Waals surface area contributed by atoms with Crippen LogP contribution in [0.2, 0.25) is 0 Å². The van der Waals surface area contributed by atoms with Crippen LogP contribution in [0.15, 0.2) is 0 Å². The summed E-state index contributed by atoms with van der Waals surface area (Å²) in [6, 6.07) is 0. The van der Waals surface area contributed by atoms with Gasteiger partial charge in [-0.15, -0.1) is 0 Å². The SMILES string of the molecule is NCCCCCN1CCCN(CC2CCCO2)CC1. The molecule has 1 unspecified atom stereocenters. The molecule has 2 saturated heterocycles. The fourth-order valence-electron chi connectivity index (χ4n) is 3.16. The Morgan fingerprint density at radius 1 is 0.947 bits per heavy atom. The second kappa shape index (κ2) is 8.90. The summed E-state index contributed by atoms with van der Waals surface area (Å²) in [4.78, 5) is 5.24. The summed E-state index contributed by atoms with van der Waals surface area (Å²) >= 11 is 0. The Kier molecular flexibility index (Phi) is 7.14. The van der Waals surface area contributed by atoms with Crippen LogP contribution in [0.5, 0.6) is 0 Å². The second-order valence-corrected chi connectivity index (χ2v) is 5.98. The fourth-order valence-corrected chi connectivity index (χ4v) is 3.16. The zero-order valence-electron chi connectivity index (χ0n) is 12.4. The van der Waals surface area contributed by atoms with E-state index in [0.717, 1.165) is 19.7 Å². The highest BCUT2D eigenvalue weighted by Crippen LogP contribution is 2.14. The van der Waals surface area contributed by atoms with Gasteiger partial charge >= 0.3 is 0 Å². The number of ether oxygens (including phenoxy) is 1. The molecular weight excluding hydrogens is 238 g/mol. The summed E-state index contributed by atoms with van der Waals surface area (Å²) in [5.41, 5.74) is 5.54. The van der Waals surface area contributed by atoms with Crippen LogP contribution in [-0.2, 0) is 4.74 Å². The highest BCUT2D eigenvalue weighted by Gasteiger charge is 2.21. The maximum Gasteiger partial charge on any atom is 0.0702 e. The van der Waals surface area contributed by atoms with Crippen LogP contribution in [0.25, 0.3) is 0 Å². The van der Waals surface area contributed by atoms with Gasteiger partial charge in [0.15, 0.2) is 0 Å². The number of hydrogen-bond acceptors (Lipinski definition) is 4. The molecule has 4 nitrogen and oxygen atoms in total. The van der Waals surface area contributed by atoms with E-state index in [-0.39, 0.29) is 0 Å². The van der Waals surface area contributed by atoms with Gasteiger partial charge in [0.2, 0.25) is 0 Å². The van der Waals surface area contributed by atoms with Crippen molar-refractivity contribution in [2.24, 2.45) is 5.73 Å². The molecule has 2 heterocycles. The standard InChI is InChI=1S/C15H31N3O/c16-7-2-1-3-8-17-9-5-10-18(12-11-17)14-15-6-4-13-19-15/h15H,1-14,16H2. The third kappa shape index (κ3) is 5.78. The monoisotopic (exact) mass is 269 g/mol. The van der Waals surface area contributed by atoms with Crippen LogP contribution in [0.1, 0.15) is 38.5 Å². The van der Waals surface area contributed by atoms with E-state index < -0.39 is 0 Å². The van der Waals surface area contributed by atoms with Gasteiger partial charge in [-0.05, 0) is 58.3 Å². The average molecular weight is 269 g/mol. The van der Waals surface area contributed by atoms with Crippen LogP contribution in [0.4, 0.5) is 0 Å². The predicted molar refractivity (Wildman–Crippen MR) is 79.4 cm³/mol. The normalized spacial score (nSPS) is 26.7. The van der Waals surface area contributed by atoms with Crippen molar-refractivity contribution >= 4 is 0 Å². The molecule has 0 aromatic heterocycles. The van der Waals surface area contributed by atoms with Crippen molar-refractivity contribution in [1.29, 1.82) is 0 Å². The third-order valence-electron chi connectivity index (χ3n) is 4.35. The number of nitrogens with zero attached hydrogens (tertiary/aromatic N) is 2. The van der Waals surface area contributed by atoms with Crippen molar-refractivity contribution in [3.8, 4) is 0 Å². The van der Waals surface area contributed by atoms with Gasteiger partial charge in [0.1, 0.15) is 0 Å². The van der Waals surface area contributed by atoms with Gasteiger partial charge in [-0.3, -0.25) is 4.90 Å². The van der Waals surface area contributed by atoms with Crippen molar-refractivity contribution in [2.75, 3.05) is 52.4 Å². The third-order valence-corrected chi connectivity index (χ3v) is 4.35. The summed E-state index contributed by atoms with van der Waals surface area (Å²) in [6.45, 7) is 9.20. The minimum absolute atomic E-state index is 0.510. The van der Waals surface area contributed by atoms with Crippen LogP contribution in [0, 0.1) is 0 Å². The Bertz CT molecular complexity index is 231. The minimum Gasteiger partial charge on any atom is -0.377 e. The smallest absolute Gasteiger partial charge is 0.0702 e. The van der Waals surface area contributed by atoms with Crippen molar-refractivity contribution in [2.45, 2.75) is 44.6 Å². The maximum absolute atomic E-state index is 5.75. The first kappa shape index (κ1) is 15.2. The van der Waals surface area contributed by atoms with Crippen LogP contribution < -0.4 is 5.73 Å². The van der Waals surface area contributed by atoms with Gasteiger partial charge < -0.3 is 15.4 Å². The van der Waals surface area contributed by atoms with Crippen molar-refractivity contribution in [1.82, 2.24) is 9.80 Å². The Morgan fingerprint density at radius 3 is 2.58 bits per heavy atom. The van der Waals surface area contributed by atoms with Gasteiger partial charge in [0.25, 0.3) is 0 Å². The Morgan fingerprint density at radius 2 is 1.79 bits per heavy atom. The first-order chi connectivity index (χ1) is 9.38. The highest BCUT2D eigenvalue weighted by molar-refractivity contribution is 4.75. The topological polar surface area (TPSA) is 41.7 Å². The van der Waals surface area contributed by atoms with E-state index in [1.54, 1.807) is 0 Å². The lowest BCUT2D eigenvalue weighted by atomic mass is 10.2. The second-order valence-electron chi connectivity index (χ2n) is 5.98. The van der Waals surface area contributed by atoms with E-state index in [1.165, 1.54) is 71.2 Å². The molecule has 2 rings (SSSR count). The van der Waals surface area contributed by atoms with Gasteiger partial charge in [0, 0.05) is 26.2 Å². The average Bonchev–Trinajstić information content (AvgIpc) is 2.82. The minimum atomic E-state index is 0.510. The molecule has 0 aromatic carbocycles. The molecule has 0 radical (unpaired) electrons. The molecular formula is C15H31N3O. The van der Waals surface area contributed by atoms with E-state index in [4.69, 9.17) is 10.5 Å². The zero-order valence-corrected chi connectivity index (χ0v) is 12.4. The molecule has 0 spiro atoms. The van der Waals surface area contributed by atoms with E-state index in [2.05, 4.69) is 9.80 Å². The number of nitrogens with two attached hydrogens (primary N) is 1. The molecule has 2 aliphatic rings. The summed E-state index contributed by atoms with van der Waals surface area (Å²) in [5, 5.41) is 0. The lowest BCUT2D eigenvalue weighted by molar-refractivity contribution is 0.0743. The zero-order chi connectivity index (χ0) is 13.3. The molecule has 112 valence electrons. The highest BCUT2D eigenvalue weighted by atomic mass is 16.5. The van der Waals surface area contributed by atoms with Gasteiger partial charge in [-0.2, -0.15) is 0 Å². The van der Waals surface area contributed by atoms with Crippen LogP contribution in [-0.4, -0.2) is 68.3 Å². The molecule has 19 heavy (non-hydrogen) atoms. The molecule has 4 heteroatoms. The van der Waals surface area contributed by atoms with Gasteiger partial charge in [-0.1, -0.05) is 6.42 Å². The van der Waals surface area contributed by atoms with E-state index in [1.807, 2.05) is 0 Å². The first-order valence-electron chi connectivity index (χ1n) is 8.15. The Balaban J connectivity index is 1.60. The van der Waals surface area contributed by atoms with E-state index >= 15 is 0 Å². The molecule has 2 N–H and O–H groups in total. The molecule has 0 amide bonds. The summed E-state index contributed by atoms with van der Waals surface area (Å²) in [6.07, 6.45) is 8.11. The molecule has 0 saturated carbocycles. The van der Waals surface area contributed by atoms with Crippen molar-refractivity contribution in [3.05, 3.63) is 0 Å². The lowest BCUT2D eigenvalue weighted by Gasteiger charge is -2.24. The maximum atomic E-state index is 5.75. The summed E-state index contributed by atoms with van der Waals surface area (Å²) in [5.74, 6) is 0. The number of hydrogen-bond donors (Lipinski definition) is 1. The molecule has 1 atom stereocenters. The lowest BCUT2D eigenvalue weighted by Crippen LogP contribution is -2.35. The Labute approximate surface area is 118 Å². The van der Waals surface area contributed by atoms with Crippen LogP contribution in [0.3, 0.4) is 0 Å². The Hall–Kier alpha value is -0.160. The van der Waals surface area contributed by atoms with Gasteiger partial charge in [0.05, 0.1) is 6.10 Å².